The molecule has 0 aromatic heterocycles. The van der Waals surface area contributed by atoms with Gasteiger partial charge in [0.05, 0.1) is 0 Å². The molecule has 1 unspecified atom stereocenters. The third-order valence-corrected chi connectivity index (χ3v) is 4.42. The quantitative estimate of drug-likeness (QED) is 0.851. The van der Waals surface area contributed by atoms with Crippen LogP contribution in [0.1, 0.15) is 12.5 Å². The first-order valence-corrected chi connectivity index (χ1v) is 7.96. The summed E-state index contributed by atoms with van der Waals surface area (Å²) in [6, 6.07) is 8.48. The van der Waals surface area contributed by atoms with Crippen molar-refractivity contribution in [1.29, 1.82) is 0 Å². The lowest BCUT2D eigenvalue weighted by Crippen LogP contribution is -2.61. The fraction of sp³-hybridized carbons (Fsp3) is 0.600. The van der Waals surface area contributed by atoms with E-state index >= 15 is 0 Å². The number of hydrogen-bond donors (Lipinski definition) is 2. The molecule has 1 saturated heterocycles. The van der Waals surface area contributed by atoms with Crippen molar-refractivity contribution in [2.24, 2.45) is 5.73 Å². The van der Waals surface area contributed by atoms with Crippen LogP contribution in [0.4, 0.5) is 0 Å². The second kappa shape index (κ2) is 7.00. The van der Waals surface area contributed by atoms with Crippen LogP contribution in [-0.2, 0) is 6.42 Å². The van der Waals surface area contributed by atoms with Crippen molar-refractivity contribution in [3.8, 4) is 0 Å². The third kappa shape index (κ3) is 4.53. The summed E-state index contributed by atoms with van der Waals surface area (Å²) < 4.78 is 1.11. The van der Waals surface area contributed by atoms with Crippen molar-refractivity contribution in [3.05, 3.63) is 34.3 Å². The van der Waals surface area contributed by atoms with E-state index < -0.39 is 0 Å². The lowest BCUT2D eigenvalue weighted by atomic mass is 9.93. The minimum absolute atomic E-state index is 0.0935. The fourth-order valence-corrected chi connectivity index (χ4v) is 2.77. The Kier molecular flexibility index (Phi) is 5.57. The lowest BCUT2D eigenvalue weighted by molar-refractivity contribution is 0.0606. The van der Waals surface area contributed by atoms with Crippen molar-refractivity contribution < 1.29 is 0 Å². The van der Waals surface area contributed by atoms with Crippen LogP contribution in [0.2, 0.25) is 0 Å². The first-order chi connectivity index (χ1) is 9.50. The molecule has 5 heteroatoms. The summed E-state index contributed by atoms with van der Waals surface area (Å²) in [5.74, 6) is 0. The summed E-state index contributed by atoms with van der Waals surface area (Å²) in [6.07, 6.45) is 0.934. The molecule has 0 aliphatic carbocycles. The topological polar surface area (TPSA) is 44.5 Å². The van der Waals surface area contributed by atoms with E-state index in [1.807, 2.05) is 0 Å². The van der Waals surface area contributed by atoms with Gasteiger partial charge in [0, 0.05) is 42.7 Å². The summed E-state index contributed by atoms with van der Waals surface area (Å²) in [6.45, 7) is 7.12. The Bertz CT molecular complexity index is 414. The predicted molar refractivity (Wildman–Crippen MR) is 87.5 cm³/mol. The van der Waals surface area contributed by atoms with Gasteiger partial charge in [-0.15, -0.1) is 0 Å². The highest BCUT2D eigenvalue weighted by Gasteiger charge is 2.26. The van der Waals surface area contributed by atoms with Gasteiger partial charge in [-0.25, -0.2) is 10.4 Å². The SMILES string of the molecule is CN1CCN(NC(C)(CN)Cc2ccc(Br)cc2)CC1. The van der Waals surface area contributed by atoms with Gasteiger partial charge in [-0.05, 0) is 38.1 Å². The van der Waals surface area contributed by atoms with Crippen molar-refractivity contribution >= 4 is 15.9 Å². The number of piperazine rings is 1. The summed E-state index contributed by atoms with van der Waals surface area (Å²) in [5.41, 5.74) is 10.9. The first-order valence-electron chi connectivity index (χ1n) is 7.16. The van der Waals surface area contributed by atoms with Gasteiger partial charge in [-0.3, -0.25) is 0 Å². The summed E-state index contributed by atoms with van der Waals surface area (Å²) in [7, 11) is 2.17. The van der Waals surface area contributed by atoms with E-state index in [0.717, 1.165) is 37.1 Å². The molecular formula is C15H25BrN4. The predicted octanol–water partition coefficient (Wildman–Crippen LogP) is 1.46. The summed E-state index contributed by atoms with van der Waals surface area (Å²) in [4.78, 5) is 2.35. The number of hydrazine groups is 1. The number of hydrogen-bond acceptors (Lipinski definition) is 4. The molecule has 0 amide bonds. The van der Waals surface area contributed by atoms with Gasteiger partial charge in [0.25, 0.3) is 0 Å². The number of nitrogens with one attached hydrogen (secondary N) is 1. The highest BCUT2D eigenvalue weighted by molar-refractivity contribution is 9.10. The number of halogens is 1. The van der Waals surface area contributed by atoms with Crippen LogP contribution in [0.25, 0.3) is 0 Å². The average molecular weight is 341 g/mol. The van der Waals surface area contributed by atoms with Crippen LogP contribution in [-0.4, -0.2) is 55.2 Å². The standard InChI is InChI=1S/C15H25BrN4/c1-15(12-17,11-13-3-5-14(16)6-4-13)18-20-9-7-19(2)8-10-20/h3-6,18H,7-12,17H2,1-2H3. The van der Waals surface area contributed by atoms with E-state index in [1.54, 1.807) is 0 Å². The molecule has 0 bridgehead atoms. The Morgan fingerprint density at radius 2 is 1.80 bits per heavy atom. The van der Waals surface area contributed by atoms with Crippen molar-refractivity contribution in [3.63, 3.8) is 0 Å². The second-order valence-corrected chi connectivity index (χ2v) is 6.89. The number of nitrogens with two attached hydrogens (primary N) is 1. The van der Waals surface area contributed by atoms with Gasteiger partial charge in [-0.1, -0.05) is 28.1 Å². The monoisotopic (exact) mass is 340 g/mol. The van der Waals surface area contributed by atoms with Crippen LogP contribution in [0.3, 0.4) is 0 Å². The number of likely N-dealkylation sites (N-methyl/N-ethyl adjacent to an activating group) is 1. The fourth-order valence-electron chi connectivity index (χ4n) is 2.51. The van der Waals surface area contributed by atoms with Gasteiger partial charge in [0.1, 0.15) is 0 Å². The number of nitrogens with zero attached hydrogens (tertiary/aromatic N) is 2. The Morgan fingerprint density at radius 3 is 2.35 bits per heavy atom. The molecule has 1 aromatic carbocycles. The zero-order chi connectivity index (χ0) is 14.6. The molecule has 1 aliphatic rings. The van der Waals surface area contributed by atoms with Crippen molar-refractivity contribution in [2.75, 3.05) is 39.8 Å². The van der Waals surface area contributed by atoms with Gasteiger partial charge in [0.2, 0.25) is 0 Å². The van der Waals surface area contributed by atoms with Crippen molar-refractivity contribution in [1.82, 2.24) is 15.3 Å². The largest absolute Gasteiger partial charge is 0.329 e. The zero-order valence-corrected chi connectivity index (χ0v) is 14.0. The molecular weight excluding hydrogens is 316 g/mol. The van der Waals surface area contributed by atoms with E-state index in [1.165, 1.54) is 5.56 Å². The van der Waals surface area contributed by atoms with Crippen molar-refractivity contribution in [2.45, 2.75) is 18.9 Å². The Labute approximate surface area is 130 Å². The highest BCUT2D eigenvalue weighted by Crippen LogP contribution is 2.16. The number of benzene rings is 1. The lowest BCUT2D eigenvalue weighted by Gasteiger charge is -2.40. The van der Waals surface area contributed by atoms with Crippen LogP contribution >= 0.6 is 15.9 Å². The normalized spacial score (nSPS) is 20.8. The van der Waals surface area contributed by atoms with Gasteiger partial charge < -0.3 is 10.6 Å². The molecule has 1 heterocycles. The second-order valence-electron chi connectivity index (χ2n) is 5.97. The molecule has 1 atom stereocenters. The molecule has 0 saturated carbocycles. The smallest absolute Gasteiger partial charge is 0.0460 e. The van der Waals surface area contributed by atoms with Crippen LogP contribution < -0.4 is 11.2 Å². The molecule has 1 aliphatic heterocycles. The van der Waals surface area contributed by atoms with E-state index in [0.29, 0.717) is 6.54 Å². The Morgan fingerprint density at radius 1 is 1.20 bits per heavy atom. The molecule has 3 N–H and O–H groups in total. The van der Waals surface area contributed by atoms with E-state index in [2.05, 4.69) is 69.5 Å². The molecule has 2 rings (SSSR count). The van der Waals surface area contributed by atoms with E-state index in [-0.39, 0.29) is 5.54 Å². The van der Waals surface area contributed by atoms with Gasteiger partial charge in [-0.2, -0.15) is 0 Å². The summed E-state index contributed by atoms with van der Waals surface area (Å²) in [5, 5.41) is 2.31. The van der Waals surface area contributed by atoms with E-state index in [4.69, 9.17) is 5.73 Å². The molecule has 1 aromatic rings. The third-order valence-electron chi connectivity index (χ3n) is 3.89. The summed E-state index contributed by atoms with van der Waals surface area (Å²) >= 11 is 3.47. The maximum atomic E-state index is 6.02. The Hall–Kier alpha value is -0.460. The highest BCUT2D eigenvalue weighted by atomic mass is 79.9. The molecule has 1 fully saturated rings. The molecule has 4 nitrogen and oxygen atoms in total. The zero-order valence-electron chi connectivity index (χ0n) is 12.4. The maximum Gasteiger partial charge on any atom is 0.0460 e. The van der Waals surface area contributed by atoms with E-state index in [9.17, 15) is 0 Å². The minimum Gasteiger partial charge on any atom is -0.329 e. The average Bonchev–Trinajstić information content (AvgIpc) is 2.44. The number of rotatable bonds is 5. The first kappa shape index (κ1) is 15.9. The van der Waals surface area contributed by atoms with Crippen LogP contribution in [0.15, 0.2) is 28.7 Å². The minimum atomic E-state index is -0.0935. The van der Waals surface area contributed by atoms with Gasteiger partial charge >= 0.3 is 0 Å². The van der Waals surface area contributed by atoms with Crippen LogP contribution in [0, 0.1) is 0 Å². The van der Waals surface area contributed by atoms with Crippen LogP contribution in [0.5, 0.6) is 0 Å². The molecule has 0 spiro atoms. The molecule has 0 radical (unpaired) electrons. The maximum absolute atomic E-state index is 6.02. The molecule has 112 valence electrons. The molecule has 20 heavy (non-hydrogen) atoms. The Balaban J connectivity index is 1.96. The van der Waals surface area contributed by atoms with Gasteiger partial charge in [0.15, 0.2) is 0 Å².